The van der Waals surface area contributed by atoms with Crippen LogP contribution in [0.15, 0.2) is 0 Å². The summed E-state index contributed by atoms with van der Waals surface area (Å²) in [5.41, 5.74) is 5.63. The zero-order valence-electron chi connectivity index (χ0n) is 9.53. The summed E-state index contributed by atoms with van der Waals surface area (Å²) in [6.07, 6.45) is 0.892. The van der Waals surface area contributed by atoms with Crippen LogP contribution in [0.3, 0.4) is 0 Å². The third-order valence-corrected chi connectivity index (χ3v) is 5.04. The molecule has 4 nitrogen and oxygen atoms in total. The molecule has 0 aromatic carbocycles. The predicted octanol–water partition coefficient (Wildman–Crippen LogP) is 0.423. The van der Waals surface area contributed by atoms with Crippen LogP contribution >= 0.6 is 0 Å². The van der Waals surface area contributed by atoms with E-state index in [2.05, 4.69) is 0 Å². The van der Waals surface area contributed by atoms with Crippen molar-refractivity contribution >= 4 is 9.84 Å². The van der Waals surface area contributed by atoms with Crippen LogP contribution in [0.1, 0.15) is 20.3 Å². The van der Waals surface area contributed by atoms with Crippen LogP contribution in [0.2, 0.25) is 0 Å². The number of sulfone groups is 1. The normalized spacial score (nSPS) is 30.5. The monoisotopic (exact) mass is 235 g/mol. The number of ether oxygens (including phenoxy) is 1. The van der Waals surface area contributed by atoms with E-state index < -0.39 is 9.84 Å². The number of hydrogen-bond donors (Lipinski definition) is 1. The molecule has 0 aromatic rings. The molecule has 0 radical (unpaired) electrons. The fraction of sp³-hybridized carbons (Fsp3) is 1.00. The summed E-state index contributed by atoms with van der Waals surface area (Å²) in [5, 5.41) is 0. The van der Waals surface area contributed by atoms with E-state index in [9.17, 15) is 8.42 Å². The molecular formula is C10H21NO3S. The van der Waals surface area contributed by atoms with E-state index in [4.69, 9.17) is 10.5 Å². The zero-order chi connectivity index (χ0) is 11.5. The Balaban J connectivity index is 2.48. The molecule has 2 N–H and O–H groups in total. The first-order valence-corrected chi connectivity index (χ1v) is 7.30. The highest BCUT2D eigenvalue weighted by atomic mass is 32.2. The van der Waals surface area contributed by atoms with Gasteiger partial charge in [0.2, 0.25) is 0 Å². The maximum Gasteiger partial charge on any atom is 0.150 e. The summed E-state index contributed by atoms with van der Waals surface area (Å²) in [6, 6.07) is 0. The number of nitrogens with two attached hydrogens (primary N) is 1. The molecule has 2 unspecified atom stereocenters. The Hall–Kier alpha value is -0.130. The van der Waals surface area contributed by atoms with Crippen molar-refractivity contribution in [3.63, 3.8) is 0 Å². The lowest BCUT2D eigenvalue weighted by atomic mass is 10.1. The van der Waals surface area contributed by atoms with Crippen molar-refractivity contribution < 1.29 is 13.2 Å². The van der Waals surface area contributed by atoms with Crippen LogP contribution in [0, 0.1) is 11.3 Å². The van der Waals surface area contributed by atoms with Gasteiger partial charge in [0.1, 0.15) is 9.84 Å². The van der Waals surface area contributed by atoms with Crippen molar-refractivity contribution in [3.05, 3.63) is 0 Å². The van der Waals surface area contributed by atoms with Gasteiger partial charge in [-0.3, -0.25) is 0 Å². The fourth-order valence-electron chi connectivity index (χ4n) is 1.88. The van der Waals surface area contributed by atoms with Gasteiger partial charge in [-0.1, -0.05) is 6.92 Å². The summed E-state index contributed by atoms with van der Waals surface area (Å²) >= 11 is 0. The highest BCUT2D eigenvalue weighted by Crippen LogP contribution is 2.52. The first-order chi connectivity index (χ1) is 6.99. The maximum atomic E-state index is 11.4. The van der Waals surface area contributed by atoms with E-state index in [1.165, 1.54) is 0 Å². The summed E-state index contributed by atoms with van der Waals surface area (Å²) in [6.45, 7) is 5.41. The van der Waals surface area contributed by atoms with Gasteiger partial charge in [0, 0.05) is 24.3 Å². The standard InChI is InChI=1S/C10H21NO3S/c1-3-14-8-10(7-11)5-9(10)6-15(12,13)4-2/h9H,3-8,11H2,1-2H3. The van der Waals surface area contributed by atoms with Gasteiger partial charge < -0.3 is 10.5 Å². The smallest absolute Gasteiger partial charge is 0.150 e. The first kappa shape index (κ1) is 12.9. The summed E-state index contributed by atoms with van der Waals surface area (Å²) < 4.78 is 28.2. The molecule has 0 saturated heterocycles. The molecule has 0 aromatic heterocycles. The van der Waals surface area contributed by atoms with Crippen LogP contribution in [-0.2, 0) is 14.6 Å². The van der Waals surface area contributed by atoms with Gasteiger partial charge in [-0.25, -0.2) is 8.42 Å². The molecule has 15 heavy (non-hydrogen) atoms. The average Bonchev–Trinajstić information content (AvgIpc) is 2.88. The van der Waals surface area contributed by atoms with Crippen molar-refractivity contribution in [1.29, 1.82) is 0 Å². The second-order valence-corrected chi connectivity index (χ2v) is 6.70. The third kappa shape index (κ3) is 3.16. The predicted molar refractivity (Wildman–Crippen MR) is 60.4 cm³/mol. The Bertz CT molecular complexity index is 302. The molecule has 1 rings (SSSR count). The van der Waals surface area contributed by atoms with E-state index in [1.54, 1.807) is 6.92 Å². The molecule has 0 spiro atoms. The number of hydrogen-bond acceptors (Lipinski definition) is 4. The average molecular weight is 235 g/mol. The lowest BCUT2D eigenvalue weighted by Crippen LogP contribution is -2.26. The molecule has 0 heterocycles. The van der Waals surface area contributed by atoms with Crippen molar-refractivity contribution in [3.8, 4) is 0 Å². The third-order valence-electron chi connectivity index (χ3n) is 3.25. The minimum Gasteiger partial charge on any atom is -0.381 e. The minimum absolute atomic E-state index is 0.0573. The molecule has 0 aliphatic heterocycles. The maximum absolute atomic E-state index is 11.4. The molecule has 90 valence electrons. The van der Waals surface area contributed by atoms with Gasteiger partial charge in [0.25, 0.3) is 0 Å². The molecule has 1 saturated carbocycles. The summed E-state index contributed by atoms with van der Waals surface area (Å²) in [7, 11) is -2.87. The molecule has 0 bridgehead atoms. The largest absolute Gasteiger partial charge is 0.381 e. The Morgan fingerprint density at radius 3 is 2.60 bits per heavy atom. The second-order valence-electron chi connectivity index (χ2n) is 4.30. The highest BCUT2D eigenvalue weighted by Gasteiger charge is 2.54. The van der Waals surface area contributed by atoms with Gasteiger partial charge in [0.15, 0.2) is 0 Å². The van der Waals surface area contributed by atoms with Gasteiger partial charge >= 0.3 is 0 Å². The minimum atomic E-state index is -2.87. The van der Waals surface area contributed by atoms with E-state index in [-0.39, 0.29) is 22.8 Å². The Labute approximate surface area is 92.1 Å². The van der Waals surface area contributed by atoms with Crippen LogP contribution in [0.4, 0.5) is 0 Å². The summed E-state index contributed by atoms with van der Waals surface area (Å²) in [5.74, 6) is 0.700. The zero-order valence-corrected chi connectivity index (χ0v) is 10.3. The van der Waals surface area contributed by atoms with Crippen molar-refractivity contribution in [2.45, 2.75) is 20.3 Å². The molecular weight excluding hydrogens is 214 g/mol. The molecule has 2 atom stereocenters. The van der Waals surface area contributed by atoms with Crippen molar-refractivity contribution in [2.24, 2.45) is 17.1 Å². The Morgan fingerprint density at radius 1 is 1.47 bits per heavy atom. The molecule has 5 heteroatoms. The van der Waals surface area contributed by atoms with Gasteiger partial charge in [-0.15, -0.1) is 0 Å². The van der Waals surface area contributed by atoms with Gasteiger partial charge in [0.05, 0.1) is 12.4 Å². The van der Waals surface area contributed by atoms with Crippen LogP contribution in [0.5, 0.6) is 0 Å². The fourth-order valence-corrected chi connectivity index (χ4v) is 3.20. The SMILES string of the molecule is CCOCC1(CN)CC1CS(=O)(=O)CC. The van der Waals surface area contributed by atoms with Crippen molar-refractivity contribution in [1.82, 2.24) is 0 Å². The van der Waals surface area contributed by atoms with Crippen LogP contribution in [-0.4, -0.2) is 39.7 Å². The van der Waals surface area contributed by atoms with Gasteiger partial charge in [-0.05, 0) is 19.3 Å². The number of rotatable bonds is 7. The molecule has 0 amide bonds. The quantitative estimate of drug-likeness (QED) is 0.694. The van der Waals surface area contributed by atoms with E-state index in [0.29, 0.717) is 19.8 Å². The van der Waals surface area contributed by atoms with Crippen molar-refractivity contribution in [2.75, 3.05) is 31.3 Å². The van der Waals surface area contributed by atoms with Gasteiger partial charge in [-0.2, -0.15) is 0 Å². The van der Waals surface area contributed by atoms with E-state index >= 15 is 0 Å². The lowest BCUT2D eigenvalue weighted by molar-refractivity contribution is 0.0982. The van der Waals surface area contributed by atoms with Crippen LogP contribution in [0.25, 0.3) is 0 Å². The summed E-state index contributed by atoms with van der Waals surface area (Å²) in [4.78, 5) is 0. The molecule has 1 fully saturated rings. The van der Waals surface area contributed by atoms with E-state index in [0.717, 1.165) is 6.42 Å². The topological polar surface area (TPSA) is 69.4 Å². The second kappa shape index (κ2) is 4.80. The Kier molecular flexibility index (Phi) is 4.14. The lowest BCUT2D eigenvalue weighted by Gasteiger charge is -2.14. The highest BCUT2D eigenvalue weighted by molar-refractivity contribution is 7.91. The van der Waals surface area contributed by atoms with Crippen LogP contribution < -0.4 is 5.73 Å². The first-order valence-electron chi connectivity index (χ1n) is 5.48. The van der Waals surface area contributed by atoms with E-state index in [1.807, 2.05) is 6.92 Å². The molecule has 1 aliphatic carbocycles. The molecule has 1 aliphatic rings. The Morgan fingerprint density at radius 2 is 2.13 bits per heavy atom.